The maximum Gasteiger partial charge on any atom is 0.410 e. The fourth-order valence-electron chi connectivity index (χ4n) is 3.24. The molecule has 22 heavy (non-hydrogen) atoms. The van der Waals surface area contributed by atoms with E-state index in [-0.39, 0.29) is 6.09 Å². The molecule has 0 radical (unpaired) electrons. The molecule has 1 unspecified atom stereocenters. The second-order valence-electron chi connectivity index (χ2n) is 8.07. The van der Waals surface area contributed by atoms with Gasteiger partial charge in [0.25, 0.3) is 0 Å². The van der Waals surface area contributed by atoms with Crippen LogP contribution in [0.3, 0.4) is 0 Å². The molecule has 1 amide bonds. The average Bonchev–Trinajstić information content (AvgIpc) is 3.32. The third-order valence-corrected chi connectivity index (χ3v) is 4.68. The van der Waals surface area contributed by atoms with Crippen molar-refractivity contribution in [2.45, 2.75) is 76.6 Å². The van der Waals surface area contributed by atoms with Crippen molar-refractivity contribution in [2.75, 3.05) is 26.2 Å². The number of hydrogen-bond donors (Lipinski definition) is 1. The molecule has 0 spiro atoms. The van der Waals surface area contributed by atoms with Gasteiger partial charge in [-0.15, -0.1) is 0 Å². The van der Waals surface area contributed by atoms with Gasteiger partial charge in [0.15, 0.2) is 0 Å². The third kappa shape index (κ3) is 4.59. The van der Waals surface area contributed by atoms with E-state index in [1.165, 1.54) is 32.4 Å². The molecule has 3 aliphatic rings. The van der Waals surface area contributed by atoms with Crippen molar-refractivity contribution in [1.82, 2.24) is 15.1 Å². The average molecular weight is 309 g/mol. The number of carbonyl (C=O) groups excluding carboxylic acids is 1. The van der Waals surface area contributed by atoms with Crippen LogP contribution >= 0.6 is 0 Å². The van der Waals surface area contributed by atoms with Crippen molar-refractivity contribution in [3.05, 3.63) is 0 Å². The van der Waals surface area contributed by atoms with Crippen LogP contribution in [0.1, 0.15) is 52.9 Å². The Hall–Kier alpha value is -0.810. The quantitative estimate of drug-likeness (QED) is 0.817. The van der Waals surface area contributed by atoms with Crippen LogP contribution in [0.25, 0.3) is 0 Å². The van der Waals surface area contributed by atoms with Crippen LogP contribution in [0, 0.1) is 0 Å². The van der Waals surface area contributed by atoms with Crippen molar-refractivity contribution in [3.8, 4) is 0 Å². The molecule has 0 aromatic heterocycles. The van der Waals surface area contributed by atoms with Gasteiger partial charge in [-0.3, -0.25) is 4.90 Å². The van der Waals surface area contributed by atoms with Crippen molar-refractivity contribution in [3.63, 3.8) is 0 Å². The zero-order valence-electron chi connectivity index (χ0n) is 14.3. The number of nitrogens with zero attached hydrogens (tertiary/aromatic N) is 2. The maximum absolute atomic E-state index is 12.3. The Balaban J connectivity index is 1.39. The molecule has 3 rings (SSSR count). The van der Waals surface area contributed by atoms with Gasteiger partial charge in [-0.1, -0.05) is 0 Å². The van der Waals surface area contributed by atoms with Crippen LogP contribution in [0.4, 0.5) is 4.79 Å². The summed E-state index contributed by atoms with van der Waals surface area (Å²) < 4.78 is 5.53. The van der Waals surface area contributed by atoms with Crippen molar-refractivity contribution in [2.24, 2.45) is 0 Å². The first-order valence-electron chi connectivity index (χ1n) is 8.89. The molecule has 2 aliphatic carbocycles. The molecule has 1 aliphatic heterocycles. The second kappa shape index (κ2) is 6.36. The summed E-state index contributed by atoms with van der Waals surface area (Å²) in [4.78, 5) is 16.8. The van der Waals surface area contributed by atoms with Gasteiger partial charge in [0.05, 0.1) is 0 Å². The van der Waals surface area contributed by atoms with Gasteiger partial charge in [0.2, 0.25) is 0 Å². The van der Waals surface area contributed by atoms with Gasteiger partial charge in [0.1, 0.15) is 5.60 Å². The molecule has 1 atom stereocenters. The molecule has 1 N–H and O–H groups in total. The number of likely N-dealkylation sites (tertiary alicyclic amines) is 1. The summed E-state index contributed by atoms with van der Waals surface area (Å²) in [7, 11) is 0. The minimum Gasteiger partial charge on any atom is -0.444 e. The Labute approximate surface area is 134 Å². The van der Waals surface area contributed by atoms with Gasteiger partial charge in [0, 0.05) is 44.3 Å². The summed E-state index contributed by atoms with van der Waals surface area (Å²) >= 11 is 0. The summed E-state index contributed by atoms with van der Waals surface area (Å²) in [5.74, 6) is 0. The highest BCUT2D eigenvalue weighted by atomic mass is 16.6. The van der Waals surface area contributed by atoms with Gasteiger partial charge in [-0.25, -0.2) is 4.79 Å². The van der Waals surface area contributed by atoms with Crippen molar-refractivity contribution in [1.29, 1.82) is 0 Å². The highest BCUT2D eigenvalue weighted by molar-refractivity contribution is 5.69. The van der Waals surface area contributed by atoms with E-state index >= 15 is 0 Å². The standard InChI is InChI=1S/C17H31N3O2/c1-17(2,3)22-16(21)20(15-6-7-15)11-9-18-13-8-10-19(12-13)14-4-5-14/h13-15,18H,4-12H2,1-3H3. The lowest BCUT2D eigenvalue weighted by Crippen LogP contribution is -2.44. The molecular formula is C17H31N3O2. The second-order valence-corrected chi connectivity index (χ2v) is 8.07. The van der Waals surface area contributed by atoms with Crippen molar-refractivity contribution >= 4 is 6.09 Å². The number of ether oxygens (including phenoxy) is 1. The first-order valence-corrected chi connectivity index (χ1v) is 8.89. The minimum atomic E-state index is -0.409. The lowest BCUT2D eigenvalue weighted by molar-refractivity contribution is 0.0235. The van der Waals surface area contributed by atoms with Crippen LogP contribution < -0.4 is 5.32 Å². The number of amides is 1. The maximum atomic E-state index is 12.3. The number of nitrogens with one attached hydrogen (secondary N) is 1. The highest BCUT2D eigenvalue weighted by Crippen LogP contribution is 2.30. The Kier molecular flexibility index (Phi) is 4.64. The Morgan fingerprint density at radius 3 is 2.55 bits per heavy atom. The minimum absolute atomic E-state index is 0.150. The van der Waals surface area contributed by atoms with Gasteiger partial charge < -0.3 is 15.0 Å². The van der Waals surface area contributed by atoms with E-state index in [0.717, 1.165) is 32.0 Å². The predicted octanol–water partition coefficient (Wildman–Crippen LogP) is 2.21. The summed E-state index contributed by atoms with van der Waals surface area (Å²) in [6.45, 7) is 9.84. The van der Waals surface area contributed by atoms with Crippen LogP contribution in [-0.4, -0.2) is 65.8 Å². The van der Waals surface area contributed by atoms with E-state index in [9.17, 15) is 4.79 Å². The largest absolute Gasteiger partial charge is 0.444 e. The van der Waals surface area contributed by atoms with Crippen LogP contribution in [0.5, 0.6) is 0 Å². The van der Waals surface area contributed by atoms with E-state index in [2.05, 4.69) is 10.2 Å². The van der Waals surface area contributed by atoms with Gasteiger partial charge >= 0.3 is 6.09 Å². The first kappa shape index (κ1) is 16.1. The zero-order chi connectivity index (χ0) is 15.7. The van der Waals surface area contributed by atoms with Crippen molar-refractivity contribution < 1.29 is 9.53 Å². The Morgan fingerprint density at radius 1 is 1.23 bits per heavy atom. The predicted molar refractivity (Wildman–Crippen MR) is 87.0 cm³/mol. The molecule has 5 nitrogen and oxygen atoms in total. The molecule has 5 heteroatoms. The molecule has 3 fully saturated rings. The summed E-state index contributed by atoms with van der Waals surface area (Å²) in [6, 6.07) is 1.88. The smallest absolute Gasteiger partial charge is 0.410 e. The molecule has 1 saturated heterocycles. The van der Waals surface area contributed by atoms with Gasteiger partial charge in [-0.05, 0) is 52.9 Å². The van der Waals surface area contributed by atoms with Crippen LogP contribution in [0.2, 0.25) is 0 Å². The normalized spacial score (nSPS) is 26.2. The molecule has 1 heterocycles. The lowest BCUT2D eigenvalue weighted by Gasteiger charge is -2.28. The van der Waals surface area contributed by atoms with E-state index in [4.69, 9.17) is 4.74 Å². The van der Waals surface area contributed by atoms with E-state index in [1.807, 2.05) is 25.7 Å². The summed E-state index contributed by atoms with van der Waals surface area (Å²) in [5.41, 5.74) is -0.409. The monoisotopic (exact) mass is 309 g/mol. The number of hydrogen-bond acceptors (Lipinski definition) is 4. The highest BCUT2D eigenvalue weighted by Gasteiger charge is 2.36. The Morgan fingerprint density at radius 2 is 1.95 bits per heavy atom. The first-order chi connectivity index (χ1) is 10.4. The molecule has 0 aromatic rings. The molecule has 2 saturated carbocycles. The SMILES string of the molecule is CC(C)(C)OC(=O)N(CCNC1CCN(C2CC2)C1)C1CC1. The summed E-state index contributed by atoms with van der Waals surface area (Å²) in [6.07, 6.45) is 6.12. The van der Waals surface area contributed by atoms with Crippen LogP contribution in [0.15, 0.2) is 0 Å². The number of rotatable bonds is 6. The lowest BCUT2D eigenvalue weighted by atomic mass is 10.2. The van der Waals surface area contributed by atoms with E-state index in [1.54, 1.807) is 0 Å². The molecule has 0 aromatic carbocycles. The van der Waals surface area contributed by atoms with Crippen LogP contribution in [-0.2, 0) is 4.74 Å². The topological polar surface area (TPSA) is 44.8 Å². The summed E-state index contributed by atoms with van der Waals surface area (Å²) in [5, 5.41) is 3.63. The zero-order valence-corrected chi connectivity index (χ0v) is 14.3. The fourth-order valence-corrected chi connectivity index (χ4v) is 3.24. The third-order valence-electron chi connectivity index (χ3n) is 4.68. The molecular weight excluding hydrogens is 278 g/mol. The van der Waals surface area contributed by atoms with Gasteiger partial charge in [-0.2, -0.15) is 0 Å². The fraction of sp³-hybridized carbons (Fsp3) is 0.941. The van der Waals surface area contributed by atoms with E-state index < -0.39 is 5.60 Å². The number of carbonyl (C=O) groups is 1. The molecule has 0 bridgehead atoms. The van der Waals surface area contributed by atoms with E-state index in [0.29, 0.717) is 12.1 Å². The Bertz CT molecular complexity index is 399. The molecule has 126 valence electrons.